The summed E-state index contributed by atoms with van der Waals surface area (Å²) in [6.07, 6.45) is 0. The molecule has 0 saturated carbocycles. The number of carboxylic acid groups (broad SMARTS) is 1. The van der Waals surface area contributed by atoms with Gasteiger partial charge in [-0.05, 0) is 32.9 Å². The minimum Gasteiger partial charge on any atom is -0.477 e. The maximum absolute atomic E-state index is 15.0. The summed E-state index contributed by atoms with van der Waals surface area (Å²) in [7, 11) is 0. The van der Waals surface area contributed by atoms with Gasteiger partial charge in [0.15, 0.2) is 23.3 Å². The number of benzene rings is 2. The second kappa shape index (κ2) is 9.82. The van der Waals surface area contributed by atoms with Crippen LogP contribution in [0.2, 0.25) is 5.02 Å². The maximum atomic E-state index is 15.0. The van der Waals surface area contributed by atoms with Crippen molar-refractivity contribution in [3.05, 3.63) is 69.1 Å². The van der Waals surface area contributed by atoms with Crippen LogP contribution in [0.4, 0.5) is 30.7 Å². The predicted molar refractivity (Wildman–Crippen MR) is 119 cm³/mol. The van der Waals surface area contributed by atoms with Gasteiger partial charge in [0.2, 0.25) is 11.7 Å². The molecule has 15 heteroatoms. The molecule has 0 bridgehead atoms. The Morgan fingerprint density at radius 1 is 0.947 bits per heavy atom. The summed E-state index contributed by atoms with van der Waals surface area (Å²) in [4.78, 5) is 40.1. The van der Waals surface area contributed by atoms with Gasteiger partial charge >= 0.3 is 11.9 Å². The van der Waals surface area contributed by atoms with Crippen LogP contribution in [0.5, 0.6) is 0 Å². The number of hydrogen-bond acceptors (Lipinski definition) is 3. The largest absolute Gasteiger partial charge is 0.477 e. The van der Waals surface area contributed by atoms with Gasteiger partial charge in [0.25, 0.3) is 5.91 Å². The molecule has 204 valence electrons. The molecule has 0 fully saturated rings. The van der Waals surface area contributed by atoms with Crippen LogP contribution < -0.4 is 10.6 Å². The number of aromatic nitrogens is 1. The Morgan fingerprint density at radius 2 is 1.47 bits per heavy atom. The van der Waals surface area contributed by atoms with Gasteiger partial charge in [0.1, 0.15) is 17.3 Å². The third kappa shape index (κ3) is 5.12. The van der Waals surface area contributed by atoms with Crippen molar-refractivity contribution >= 4 is 40.3 Å². The number of nitrogens with one attached hydrogen (secondary N) is 3. The average Bonchev–Trinajstić information content (AvgIpc) is 3.17. The van der Waals surface area contributed by atoms with Crippen LogP contribution >= 0.6 is 11.6 Å². The second-order valence-electron chi connectivity index (χ2n) is 9.07. The van der Waals surface area contributed by atoms with Gasteiger partial charge in [-0.2, -0.15) is 8.78 Å². The third-order valence-electron chi connectivity index (χ3n) is 5.15. The number of carbonyl (C=O) groups excluding carboxylic acids is 2. The number of hydrogen-bond donors (Lipinski definition) is 4. The Bertz CT molecular complexity index is 1460. The van der Waals surface area contributed by atoms with E-state index in [1.807, 2.05) is 0 Å². The summed E-state index contributed by atoms with van der Waals surface area (Å²) in [6.45, 7) is 4.38. The van der Waals surface area contributed by atoms with Gasteiger partial charge < -0.3 is 20.7 Å². The molecule has 0 aliphatic heterocycles. The van der Waals surface area contributed by atoms with Crippen LogP contribution in [0.25, 0.3) is 10.9 Å². The van der Waals surface area contributed by atoms with E-state index in [0.29, 0.717) is 0 Å². The highest BCUT2D eigenvalue weighted by Crippen LogP contribution is 2.37. The van der Waals surface area contributed by atoms with E-state index in [1.54, 1.807) is 0 Å². The Hall–Kier alpha value is -3.81. The van der Waals surface area contributed by atoms with Crippen LogP contribution in [0.15, 0.2) is 18.2 Å². The Balaban J connectivity index is 2.21. The molecule has 1 aromatic heterocycles. The van der Waals surface area contributed by atoms with Crippen molar-refractivity contribution in [3.8, 4) is 0 Å². The zero-order valence-electron chi connectivity index (χ0n) is 19.5. The zero-order chi connectivity index (χ0) is 28.9. The number of carboxylic acids is 1. The Labute approximate surface area is 214 Å². The first-order chi connectivity index (χ1) is 17.4. The summed E-state index contributed by atoms with van der Waals surface area (Å²) in [5, 5.41) is 13.5. The van der Waals surface area contributed by atoms with Crippen molar-refractivity contribution in [1.82, 2.24) is 15.6 Å². The van der Waals surface area contributed by atoms with Crippen molar-refractivity contribution < 1.29 is 50.2 Å². The molecule has 0 aliphatic rings. The predicted octanol–water partition coefficient (Wildman–Crippen LogP) is 5.08. The molecule has 0 saturated heterocycles. The molecule has 1 heterocycles. The molecule has 0 spiro atoms. The van der Waals surface area contributed by atoms with Crippen LogP contribution in [0.1, 0.15) is 48.4 Å². The first kappa shape index (κ1) is 28.8. The highest BCUT2D eigenvalue weighted by Gasteiger charge is 2.50. The summed E-state index contributed by atoms with van der Waals surface area (Å²) >= 11 is 5.89. The number of carbonyl (C=O) groups is 3. The zero-order valence-corrected chi connectivity index (χ0v) is 20.3. The molecule has 4 N–H and O–H groups in total. The Kier molecular flexibility index (Phi) is 7.43. The van der Waals surface area contributed by atoms with Gasteiger partial charge in [-0.3, -0.25) is 9.59 Å². The lowest BCUT2D eigenvalue weighted by Gasteiger charge is -2.27. The first-order valence-electron chi connectivity index (χ1n) is 10.5. The highest BCUT2D eigenvalue weighted by molar-refractivity contribution is 6.31. The molecule has 3 aromatic rings. The van der Waals surface area contributed by atoms with Crippen LogP contribution in [-0.2, 0) is 15.5 Å². The van der Waals surface area contributed by atoms with Gasteiger partial charge in [-0.1, -0.05) is 17.7 Å². The van der Waals surface area contributed by atoms with E-state index in [9.17, 15) is 50.2 Å². The van der Waals surface area contributed by atoms with Crippen LogP contribution in [0, 0.1) is 29.1 Å². The summed E-state index contributed by atoms with van der Waals surface area (Å²) in [6, 6.07) is 1.45. The maximum Gasteiger partial charge on any atom is 0.355 e. The molecule has 0 aliphatic carbocycles. The number of rotatable bonds is 6. The number of fused-ring (bicyclic) bond motifs is 1. The molecule has 3 rings (SSSR count). The topological polar surface area (TPSA) is 111 Å². The van der Waals surface area contributed by atoms with Gasteiger partial charge in [-0.25, -0.2) is 26.7 Å². The molecule has 2 aromatic carbocycles. The number of aromatic carboxylic acids is 1. The number of halogens is 8. The van der Waals surface area contributed by atoms with Crippen molar-refractivity contribution in [1.29, 1.82) is 0 Å². The minimum absolute atomic E-state index is 0.0132. The van der Waals surface area contributed by atoms with E-state index < -0.39 is 81.2 Å². The molecule has 0 radical (unpaired) electrons. The standard InChI is InChI=1S/C23H17ClF7N3O4/c1-22(2,3)34-19(35)17(10-8-5-4-7(24)6-9(8)32-18(10)20(36)37)33-21(38)23(30,31)11-12(25)14(27)16(29)15(28)13(11)26/h4-6,17,32H,1-3H3,(H,33,38)(H,34,35)(H,36,37). The van der Waals surface area contributed by atoms with E-state index in [1.165, 1.54) is 44.3 Å². The van der Waals surface area contributed by atoms with E-state index in [4.69, 9.17) is 11.6 Å². The van der Waals surface area contributed by atoms with E-state index in [0.717, 1.165) is 0 Å². The second-order valence-corrected chi connectivity index (χ2v) is 9.51. The lowest BCUT2D eigenvalue weighted by molar-refractivity contribution is -0.150. The van der Waals surface area contributed by atoms with Gasteiger partial charge in [0.05, 0.1) is 0 Å². The van der Waals surface area contributed by atoms with Crippen LogP contribution in [0.3, 0.4) is 0 Å². The average molecular weight is 568 g/mol. The summed E-state index contributed by atoms with van der Waals surface area (Å²) in [5.41, 5.74) is -5.10. The van der Waals surface area contributed by atoms with E-state index in [2.05, 4.69) is 10.3 Å². The quantitative estimate of drug-likeness (QED) is 0.189. The number of amides is 2. The minimum atomic E-state index is -5.41. The lowest BCUT2D eigenvalue weighted by atomic mass is 9.98. The normalized spacial score (nSPS) is 12.9. The lowest BCUT2D eigenvalue weighted by Crippen LogP contribution is -2.50. The number of aromatic amines is 1. The molecular weight excluding hydrogens is 551 g/mol. The molecular formula is C23H17ClF7N3O4. The highest BCUT2D eigenvalue weighted by atomic mass is 35.5. The molecule has 1 atom stereocenters. The van der Waals surface area contributed by atoms with Crippen molar-refractivity contribution in [2.24, 2.45) is 0 Å². The molecule has 38 heavy (non-hydrogen) atoms. The third-order valence-corrected chi connectivity index (χ3v) is 5.38. The monoisotopic (exact) mass is 567 g/mol. The number of alkyl halides is 2. The summed E-state index contributed by atoms with van der Waals surface area (Å²) in [5.74, 6) is -25.1. The van der Waals surface area contributed by atoms with E-state index in [-0.39, 0.29) is 15.9 Å². The first-order valence-corrected chi connectivity index (χ1v) is 10.8. The van der Waals surface area contributed by atoms with Crippen molar-refractivity contribution in [2.75, 3.05) is 0 Å². The fourth-order valence-electron chi connectivity index (χ4n) is 3.59. The fraction of sp³-hybridized carbons (Fsp3) is 0.261. The SMILES string of the molecule is CC(C)(C)NC(=O)C(NC(=O)C(F)(F)c1c(F)c(F)c(F)c(F)c1F)c1c(C(=O)O)[nH]c2cc(Cl)ccc12. The fourth-order valence-corrected chi connectivity index (χ4v) is 3.76. The Morgan fingerprint density at radius 3 is 1.97 bits per heavy atom. The summed E-state index contributed by atoms with van der Waals surface area (Å²) < 4.78 is 98.7. The van der Waals surface area contributed by atoms with Crippen LogP contribution in [-0.4, -0.2) is 33.4 Å². The smallest absolute Gasteiger partial charge is 0.355 e. The van der Waals surface area contributed by atoms with Crippen molar-refractivity contribution in [3.63, 3.8) is 0 Å². The van der Waals surface area contributed by atoms with E-state index >= 15 is 0 Å². The molecule has 1 unspecified atom stereocenters. The van der Waals surface area contributed by atoms with Crippen molar-refractivity contribution in [2.45, 2.75) is 38.3 Å². The molecule has 2 amide bonds. The molecule has 7 nitrogen and oxygen atoms in total. The van der Waals surface area contributed by atoms with Gasteiger partial charge in [0, 0.05) is 27.0 Å². The van der Waals surface area contributed by atoms with Gasteiger partial charge in [-0.15, -0.1) is 0 Å². The number of H-pyrrole nitrogens is 1.